The van der Waals surface area contributed by atoms with Gasteiger partial charge in [-0.3, -0.25) is 5.43 Å². The lowest BCUT2D eigenvalue weighted by Gasteiger charge is -2.09. The number of hydrazone groups is 2. The molecule has 1 rings (SSSR count). The van der Waals surface area contributed by atoms with Crippen LogP contribution in [0.1, 0.15) is 19.4 Å². The molecule has 0 amide bonds. The molecule has 22 heavy (non-hydrogen) atoms. The van der Waals surface area contributed by atoms with Crippen LogP contribution in [0.3, 0.4) is 0 Å². The number of nitrogens with one attached hydrogen (secondary N) is 3. The number of hydrogen-bond acceptors (Lipinski definition) is 5. The third-order valence-electron chi connectivity index (χ3n) is 2.48. The van der Waals surface area contributed by atoms with Crippen LogP contribution in [0, 0.1) is 0 Å². The lowest BCUT2D eigenvalue weighted by molar-refractivity contribution is 0.321. The maximum atomic E-state index is 5.12. The van der Waals surface area contributed by atoms with Crippen molar-refractivity contribution in [2.45, 2.75) is 13.8 Å². The highest BCUT2D eigenvalue weighted by Gasteiger charge is 2.08. The van der Waals surface area contributed by atoms with Crippen molar-refractivity contribution in [3.8, 4) is 0 Å². The fraction of sp³-hybridized carbons (Fsp3) is 0.286. The molecule has 0 bridgehead atoms. The fourth-order valence-corrected chi connectivity index (χ4v) is 1.67. The molecule has 0 saturated heterocycles. The van der Waals surface area contributed by atoms with Crippen LogP contribution < -0.4 is 16.2 Å². The van der Waals surface area contributed by atoms with E-state index in [1.54, 1.807) is 7.05 Å². The zero-order valence-electron chi connectivity index (χ0n) is 12.7. The summed E-state index contributed by atoms with van der Waals surface area (Å²) in [6, 6.07) is 9.65. The second-order valence-electron chi connectivity index (χ2n) is 4.05. The van der Waals surface area contributed by atoms with Crippen LogP contribution in [0.15, 0.2) is 40.5 Å². The first kappa shape index (κ1) is 18.0. The minimum absolute atomic E-state index is 0.216. The minimum Gasteiger partial charge on any atom is -0.470 e. The van der Waals surface area contributed by atoms with Crippen molar-refractivity contribution >= 4 is 46.1 Å². The molecule has 118 valence electrons. The van der Waals surface area contributed by atoms with Gasteiger partial charge in [0.05, 0.1) is 12.3 Å². The first-order chi connectivity index (χ1) is 10.6. The molecule has 1 aromatic carbocycles. The average molecular weight is 337 g/mol. The molecule has 0 saturated carbocycles. The lowest BCUT2D eigenvalue weighted by Crippen LogP contribution is -2.31. The zero-order chi connectivity index (χ0) is 16.4. The van der Waals surface area contributed by atoms with Gasteiger partial charge in [0.1, 0.15) is 5.71 Å². The van der Waals surface area contributed by atoms with Crippen molar-refractivity contribution in [2.75, 3.05) is 13.7 Å². The minimum atomic E-state index is 0.216. The van der Waals surface area contributed by atoms with Gasteiger partial charge in [0.15, 0.2) is 5.11 Å². The van der Waals surface area contributed by atoms with Crippen molar-refractivity contribution in [3.05, 3.63) is 35.9 Å². The Bertz CT molecular complexity index is 572. The van der Waals surface area contributed by atoms with Gasteiger partial charge in [0.2, 0.25) is 0 Å². The smallest absolute Gasteiger partial charge is 0.277 e. The van der Waals surface area contributed by atoms with E-state index in [0.29, 0.717) is 23.1 Å². The van der Waals surface area contributed by atoms with E-state index in [0.717, 1.165) is 5.56 Å². The molecule has 1 aromatic rings. The van der Waals surface area contributed by atoms with Crippen LogP contribution >= 0.6 is 24.4 Å². The van der Waals surface area contributed by atoms with E-state index in [2.05, 4.69) is 26.4 Å². The van der Waals surface area contributed by atoms with Crippen molar-refractivity contribution < 1.29 is 4.74 Å². The second kappa shape index (κ2) is 9.80. The molecule has 0 fully saturated rings. The van der Waals surface area contributed by atoms with E-state index >= 15 is 0 Å². The summed E-state index contributed by atoms with van der Waals surface area (Å²) in [5.41, 5.74) is 7.62. The summed E-state index contributed by atoms with van der Waals surface area (Å²) in [5.74, 6) is 0. The van der Waals surface area contributed by atoms with Gasteiger partial charge in [0.25, 0.3) is 5.17 Å². The predicted octanol–water partition coefficient (Wildman–Crippen LogP) is 1.77. The highest BCUT2D eigenvalue weighted by atomic mass is 32.1. The first-order valence-electron chi connectivity index (χ1n) is 6.66. The predicted molar refractivity (Wildman–Crippen MR) is 98.2 cm³/mol. The largest absolute Gasteiger partial charge is 0.470 e. The van der Waals surface area contributed by atoms with Gasteiger partial charge in [0, 0.05) is 12.6 Å². The number of ether oxygens (including phenoxy) is 1. The molecule has 0 unspecified atom stereocenters. The lowest BCUT2D eigenvalue weighted by atomic mass is 10.1. The Hall–Kier alpha value is -2.06. The normalized spacial score (nSPS) is 11.6. The quantitative estimate of drug-likeness (QED) is 0.432. The summed E-state index contributed by atoms with van der Waals surface area (Å²) >= 11 is 10.00. The van der Waals surface area contributed by atoms with Gasteiger partial charge >= 0.3 is 0 Å². The average Bonchev–Trinajstić information content (AvgIpc) is 2.54. The molecule has 0 spiro atoms. The molecule has 0 aliphatic carbocycles. The van der Waals surface area contributed by atoms with Crippen molar-refractivity contribution in [3.63, 3.8) is 0 Å². The summed E-state index contributed by atoms with van der Waals surface area (Å²) in [7, 11) is 1.72. The summed E-state index contributed by atoms with van der Waals surface area (Å²) < 4.78 is 5.12. The second-order valence-corrected chi connectivity index (χ2v) is 4.83. The topological polar surface area (TPSA) is 70.0 Å². The van der Waals surface area contributed by atoms with Crippen molar-refractivity contribution in [2.24, 2.45) is 10.2 Å². The number of rotatable bonds is 5. The van der Waals surface area contributed by atoms with E-state index in [9.17, 15) is 0 Å². The third kappa shape index (κ3) is 6.15. The van der Waals surface area contributed by atoms with Gasteiger partial charge in [-0.1, -0.05) is 30.3 Å². The van der Waals surface area contributed by atoms with Crippen molar-refractivity contribution in [1.82, 2.24) is 16.2 Å². The zero-order valence-corrected chi connectivity index (χ0v) is 14.3. The van der Waals surface area contributed by atoms with Gasteiger partial charge < -0.3 is 10.1 Å². The number of thiocarbonyl (C=S) groups is 2. The molecule has 0 heterocycles. The van der Waals surface area contributed by atoms with Gasteiger partial charge in [-0.2, -0.15) is 10.2 Å². The molecule has 0 atom stereocenters. The Morgan fingerprint density at radius 2 is 1.82 bits per heavy atom. The summed E-state index contributed by atoms with van der Waals surface area (Å²) in [5, 5.41) is 11.9. The Morgan fingerprint density at radius 1 is 1.14 bits per heavy atom. The van der Waals surface area contributed by atoms with Gasteiger partial charge in [-0.05, 0) is 38.3 Å². The third-order valence-corrected chi connectivity index (χ3v) is 2.98. The Kier molecular flexibility index (Phi) is 8.01. The molecule has 8 heteroatoms. The van der Waals surface area contributed by atoms with Crippen LogP contribution in [-0.4, -0.2) is 35.4 Å². The van der Waals surface area contributed by atoms with E-state index in [1.165, 1.54) is 0 Å². The molecular formula is C14H19N5OS2. The molecule has 0 aliphatic heterocycles. The molecular weight excluding hydrogens is 318 g/mol. The summed E-state index contributed by atoms with van der Waals surface area (Å²) in [6.07, 6.45) is 0. The van der Waals surface area contributed by atoms with Crippen LogP contribution in [0.4, 0.5) is 0 Å². The molecule has 0 aromatic heterocycles. The van der Waals surface area contributed by atoms with E-state index in [1.807, 2.05) is 44.2 Å². The number of nitrogens with zero attached hydrogens (tertiary/aromatic N) is 2. The van der Waals surface area contributed by atoms with Gasteiger partial charge in [-0.25, -0.2) is 5.43 Å². The maximum Gasteiger partial charge on any atom is 0.277 e. The summed E-state index contributed by atoms with van der Waals surface area (Å²) in [6.45, 7) is 4.15. The van der Waals surface area contributed by atoms with Gasteiger partial charge in [-0.15, -0.1) is 0 Å². The number of benzene rings is 1. The van der Waals surface area contributed by atoms with Crippen LogP contribution in [0.5, 0.6) is 0 Å². The summed E-state index contributed by atoms with van der Waals surface area (Å²) in [4.78, 5) is 0. The highest BCUT2D eigenvalue weighted by Crippen LogP contribution is 2.03. The monoisotopic (exact) mass is 337 g/mol. The Labute approximate surface area is 141 Å². The van der Waals surface area contributed by atoms with Crippen LogP contribution in [0.25, 0.3) is 0 Å². The standard InChI is InChI=1S/C14H19N5OS2/c1-4-20-14(22)19-16-10(2)12(17-18-13(21)15-3)11-8-6-5-7-9-11/h5-9H,4H2,1-3H3,(H,19,22)(H2,15,18,21)/b16-10+,17-12-. The van der Waals surface area contributed by atoms with Crippen LogP contribution in [-0.2, 0) is 4.74 Å². The SMILES string of the molecule is CCOC(=S)N/N=C(C)/C(=N/NC(=S)NC)c1ccccc1. The fourth-order valence-electron chi connectivity index (χ4n) is 1.46. The van der Waals surface area contributed by atoms with Crippen LogP contribution in [0.2, 0.25) is 0 Å². The van der Waals surface area contributed by atoms with E-state index in [-0.39, 0.29) is 5.17 Å². The first-order valence-corrected chi connectivity index (χ1v) is 7.48. The maximum absolute atomic E-state index is 5.12. The molecule has 0 aliphatic rings. The molecule has 6 nitrogen and oxygen atoms in total. The molecule has 3 N–H and O–H groups in total. The van der Waals surface area contributed by atoms with E-state index in [4.69, 9.17) is 29.2 Å². The van der Waals surface area contributed by atoms with E-state index < -0.39 is 0 Å². The molecule has 0 radical (unpaired) electrons. The Balaban J connectivity index is 2.97. The highest BCUT2D eigenvalue weighted by molar-refractivity contribution is 7.80. The number of hydrogen-bond donors (Lipinski definition) is 3. The van der Waals surface area contributed by atoms with Crippen molar-refractivity contribution in [1.29, 1.82) is 0 Å². The Morgan fingerprint density at radius 3 is 2.41 bits per heavy atom.